The maximum atomic E-state index is 13.9. The fraction of sp³-hybridized carbons (Fsp3) is 0.174. The lowest BCUT2D eigenvalue weighted by Crippen LogP contribution is -2.22. The normalized spacial score (nSPS) is 14.3. The Labute approximate surface area is 172 Å². The fourth-order valence-corrected chi connectivity index (χ4v) is 3.51. The van der Waals surface area contributed by atoms with E-state index in [0.29, 0.717) is 35.4 Å². The molecule has 0 saturated carbocycles. The van der Waals surface area contributed by atoms with E-state index in [1.807, 2.05) is 6.07 Å². The van der Waals surface area contributed by atoms with E-state index in [1.54, 1.807) is 43.3 Å². The van der Waals surface area contributed by atoms with Gasteiger partial charge in [-0.3, -0.25) is 9.59 Å². The molecule has 1 heterocycles. The molecule has 0 bridgehead atoms. The molecule has 1 aliphatic carbocycles. The Balaban J connectivity index is 1.58. The van der Waals surface area contributed by atoms with Gasteiger partial charge in [0.05, 0.1) is 11.4 Å². The summed E-state index contributed by atoms with van der Waals surface area (Å²) in [5.41, 5.74) is 5.18. The molecule has 0 unspecified atom stereocenters. The largest absolute Gasteiger partial charge is 0.455 e. The first-order valence-electron chi connectivity index (χ1n) is 9.65. The third kappa shape index (κ3) is 3.87. The second-order valence-electron chi connectivity index (χ2n) is 7.01. The number of amides is 2. The second kappa shape index (κ2) is 8.32. The van der Waals surface area contributed by atoms with Gasteiger partial charge in [0, 0.05) is 23.1 Å². The second-order valence-corrected chi connectivity index (χ2v) is 7.01. The highest BCUT2D eigenvalue weighted by molar-refractivity contribution is 6.09. The summed E-state index contributed by atoms with van der Waals surface area (Å²) in [7, 11) is 0. The maximum absolute atomic E-state index is 13.9. The first kappa shape index (κ1) is 19.6. The minimum absolute atomic E-state index is 0.0836. The molecule has 2 aromatic carbocycles. The highest BCUT2D eigenvalue weighted by Gasteiger charge is 2.28. The summed E-state index contributed by atoms with van der Waals surface area (Å²) < 4.78 is 19.7. The van der Waals surface area contributed by atoms with Crippen molar-refractivity contribution in [3.8, 4) is 0 Å². The van der Waals surface area contributed by atoms with E-state index in [1.165, 1.54) is 12.1 Å². The van der Waals surface area contributed by atoms with Crippen LogP contribution in [0.4, 0.5) is 10.1 Å². The molecule has 3 aromatic rings. The van der Waals surface area contributed by atoms with Crippen LogP contribution in [-0.4, -0.2) is 17.5 Å². The van der Waals surface area contributed by atoms with E-state index < -0.39 is 11.7 Å². The zero-order chi connectivity index (χ0) is 21.1. The molecule has 0 aliphatic heterocycles. The van der Waals surface area contributed by atoms with Gasteiger partial charge in [-0.05, 0) is 44.0 Å². The van der Waals surface area contributed by atoms with Crippen molar-refractivity contribution in [3.63, 3.8) is 0 Å². The molecule has 0 spiro atoms. The number of rotatable bonds is 4. The van der Waals surface area contributed by atoms with Crippen LogP contribution >= 0.6 is 0 Å². The molecule has 2 N–H and O–H groups in total. The number of fused-ring (bicyclic) bond motifs is 1. The number of carbonyl (C=O) groups is 2. The lowest BCUT2D eigenvalue weighted by atomic mass is 9.93. The smallest absolute Gasteiger partial charge is 0.291 e. The van der Waals surface area contributed by atoms with Gasteiger partial charge in [0.1, 0.15) is 11.6 Å². The topological polar surface area (TPSA) is 83.7 Å². The van der Waals surface area contributed by atoms with Crippen LogP contribution in [0.3, 0.4) is 0 Å². The Kier molecular flexibility index (Phi) is 5.43. The van der Waals surface area contributed by atoms with Gasteiger partial charge >= 0.3 is 0 Å². The SMILES string of the molecule is Cc1c(C(=O)Nc2ccccc2F)oc2c1/C(=N/NC(=O)c1ccccc1)CCC2. The van der Waals surface area contributed by atoms with E-state index >= 15 is 0 Å². The van der Waals surface area contributed by atoms with Crippen LogP contribution in [0.5, 0.6) is 0 Å². The number of aryl methyl sites for hydroxylation is 1. The molecular formula is C23H20FN3O3. The van der Waals surface area contributed by atoms with Crippen molar-refractivity contribution >= 4 is 23.2 Å². The summed E-state index contributed by atoms with van der Waals surface area (Å²) in [6.45, 7) is 1.76. The monoisotopic (exact) mass is 405 g/mol. The van der Waals surface area contributed by atoms with Crippen LogP contribution in [0.1, 0.15) is 50.6 Å². The third-order valence-corrected chi connectivity index (χ3v) is 4.98. The summed E-state index contributed by atoms with van der Waals surface area (Å²) in [4.78, 5) is 25.0. The van der Waals surface area contributed by atoms with Crippen LogP contribution in [0.25, 0.3) is 0 Å². The molecule has 0 saturated heterocycles. The Morgan fingerprint density at radius 1 is 1.00 bits per heavy atom. The molecule has 0 atom stereocenters. The van der Waals surface area contributed by atoms with Gasteiger partial charge in [0.15, 0.2) is 5.76 Å². The number of hydrogen-bond acceptors (Lipinski definition) is 4. The van der Waals surface area contributed by atoms with Crippen molar-refractivity contribution in [1.82, 2.24) is 5.43 Å². The lowest BCUT2D eigenvalue weighted by Gasteiger charge is -2.13. The molecule has 1 aromatic heterocycles. The molecule has 1 aliphatic rings. The van der Waals surface area contributed by atoms with Crippen LogP contribution in [0.15, 0.2) is 64.1 Å². The van der Waals surface area contributed by atoms with Crippen LogP contribution in [-0.2, 0) is 6.42 Å². The van der Waals surface area contributed by atoms with Crippen molar-refractivity contribution in [1.29, 1.82) is 0 Å². The first-order chi connectivity index (χ1) is 14.5. The Morgan fingerprint density at radius 2 is 1.73 bits per heavy atom. The fourth-order valence-electron chi connectivity index (χ4n) is 3.51. The molecule has 7 heteroatoms. The summed E-state index contributed by atoms with van der Waals surface area (Å²) in [6.07, 6.45) is 2.10. The standard InChI is InChI=1S/C23H20FN3O3/c1-14-20-18(26-27-22(28)15-8-3-2-4-9-15)12-7-13-19(20)30-21(14)23(29)25-17-11-6-5-10-16(17)24/h2-6,8-11H,7,12-13H2,1H3,(H,25,29)(H,27,28)/b26-18+. The van der Waals surface area contributed by atoms with Crippen molar-refractivity contribution < 1.29 is 18.4 Å². The Hall–Kier alpha value is -3.74. The molecule has 4 rings (SSSR count). The van der Waals surface area contributed by atoms with Crippen LogP contribution in [0.2, 0.25) is 0 Å². The van der Waals surface area contributed by atoms with Gasteiger partial charge in [-0.2, -0.15) is 5.10 Å². The van der Waals surface area contributed by atoms with E-state index in [0.717, 1.165) is 12.0 Å². The molecule has 2 amide bonds. The number of nitrogens with one attached hydrogen (secondary N) is 2. The highest BCUT2D eigenvalue weighted by atomic mass is 19.1. The van der Waals surface area contributed by atoms with Crippen molar-refractivity contribution in [2.75, 3.05) is 5.32 Å². The number of benzene rings is 2. The van der Waals surface area contributed by atoms with Gasteiger partial charge in [-0.1, -0.05) is 30.3 Å². The summed E-state index contributed by atoms with van der Waals surface area (Å²) in [5.74, 6) is -0.600. The van der Waals surface area contributed by atoms with Crippen LogP contribution < -0.4 is 10.7 Å². The number of para-hydroxylation sites is 1. The molecule has 152 valence electrons. The summed E-state index contributed by atoms with van der Waals surface area (Å²) in [5, 5.41) is 6.84. The molecule has 30 heavy (non-hydrogen) atoms. The predicted molar refractivity (Wildman–Crippen MR) is 111 cm³/mol. The first-order valence-corrected chi connectivity index (χ1v) is 9.65. The van der Waals surface area contributed by atoms with Crippen molar-refractivity contribution in [2.24, 2.45) is 5.10 Å². The lowest BCUT2D eigenvalue weighted by molar-refractivity contribution is 0.0953. The number of anilines is 1. The predicted octanol–water partition coefficient (Wildman–Crippen LogP) is 4.45. The zero-order valence-electron chi connectivity index (χ0n) is 16.4. The molecule has 0 radical (unpaired) electrons. The van der Waals surface area contributed by atoms with E-state index in [-0.39, 0.29) is 17.4 Å². The van der Waals surface area contributed by atoms with Crippen molar-refractivity contribution in [3.05, 3.63) is 88.6 Å². The Bertz CT molecular complexity index is 1140. The highest BCUT2D eigenvalue weighted by Crippen LogP contribution is 2.30. The van der Waals surface area contributed by atoms with Gasteiger partial charge in [0.2, 0.25) is 0 Å². The minimum Gasteiger partial charge on any atom is -0.455 e. The van der Waals surface area contributed by atoms with E-state index in [9.17, 15) is 14.0 Å². The summed E-state index contributed by atoms with van der Waals surface area (Å²) in [6, 6.07) is 14.7. The Morgan fingerprint density at radius 3 is 2.50 bits per heavy atom. The molecular weight excluding hydrogens is 385 g/mol. The quantitative estimate of drug-likeness (QED) is 0.629. The number of halogens is 1. The van der Waals surface area contributed by atoms with Gasteiger partial charge in [0.25, 0.3) is 11.8 Å². The average molecular weight is 405 g/mol. The zero-order valence-corrected chi connectivity index (χ0v) is 16.4. The van der Waals surface area contributed by atoms with Crippen LogP contribution in [0, 0.1) is 12.7 Å². The summed E-state index contributed by atoms with van der Waals surface area (Å²) >= 11 is 0. The van der Waals surface area contributed by atoms with Crippen molar-refractivity contribution in [2.45, 2.75) is 26.2 Å². The number of carbonyl (C=O) groups excluding carboxylic acids is 2. The number of hydrogen-bond donors (Lipinski definition) is 2. The van der Waals surface area contributed by atoms with Gasteiger partial charge in [-0.15, -0.1) is 0 Å². The van der Waals surface area contributed by atoms with E-state index in [2.05, 4.69) is 15.8 Å². The average Bonchev–Trinajstić information content (AvgIpc) is 3.11. The van der Waals surface area contributed by atoms with Gasteiger partial charge in [-0.25, -0.2) is 9.82 Å². The van der Waals surface area contributed by atoms with E-state index in [4.69, 9.17) is 4.42 Å². The number of hydrazone groups is 1. The number of nitrogens with zero attached hydrogens (tertiary/aromatic N) is 1. The maximum Gasteiger partial charge on any atom is 0.291 e. The number of furan rings is 1. The third-order valence-electron chi connectivity index (χ3n) is 4.98. The minimum atomic E-state index is -0.528. The molecule has 6 nitrogen and oxygen atoms in total. The van der Waals surface area contributed by atoms with Gasteiger partial charge < -0.3 is 9.73 Å². The molecule has 0 fully saturated rings.